The van der Waals surface area contributed by atoms with E-state index in [1.54, 1.807) is 12.4 Å². The molecule has 0 spiro atoms. The van der Waals surface area contributed by atoms with Gasteiger partial charge in [0, 0.05) is 18.9 Å². The standard InChI is InChI=1S/C21H29N5O/c1-17(2)19-6-4-18(5-7-19)8-11-22-20(27)16-25-12-14-26(15-13-25)21-23-9-3-10-24-21/h3-7,9-10,17H,8,11-16H2,1-2H3,(H,22,27)/p+1. The van der Waals surface area contributed by atoms with Crippen molar-refractivity contribution >= 4 is 11.9 Å². The van der Waals surface area contributed by atoms with Crippen LogP contribution >= 0.6 is 0 Å². The van der Waals surface area contributed by atoms with Crippen molar-refractivity contribution in [3.05, 3.63) is 53.9 Å². The highest BCUT2D eigenvalue weighted by Gasteiger charge is 2.23. The maximum absolute atomic E-state index is 12.2. The molecule has 0 saturated carbocycles. The number of piperazine rings is 1. The monoisotopic (exact) mass is 368 g/mol. The van der Waals surface area contributed by atoms with Crippen LogP contribution in [-0.2, 0) is 11.2 Å². The van der Waals surface area contributed by atoms with Crippen LogP contribution in [0, 0.1) is 0 Å². The fourth-order valence-electron chi connectivity index (χ4n) is 3.36. The highest BCUT2D eigenvalue weighted by atomic mass is 16.2. The highest BCUT2D eigenvalue weighted by molar-refractivity contribution is 5.76. The minimum Gasteiger partial charge on any atom is -0.351 e. The number of aromatic nitrogens is 2. The minimum absolute atomic E-state index is 0.133. The van der Waals surface area contributed by atoms with E-state index in [0.29, 0.717) is 19.0 Å². The lowest BCUT2D eigenvalue weighted by Gasteiger charge is -2.31. The van der Waals surface area contributed by atoms with E-state index < -0.39 is 0 Å². The second-order valence-electron chi connectivity index (χ2n) is 7.46. The Bertz CT molecular complexity index is 709. The minimum atomic E-state index is 0.133. The van der Waals surface area contributed by atoms with Gasteiger partial charge in [-0.25, -0.2) is 9.97 Å². The summed E-state index contributed by atoms with van der Waals surface area (Å²) in [7, 11) is 0. The fourth-order valence-corrected chi connectivity index (χ4v) is 3.36. The van der Waals surface area contributed by atoms with Crippen LogP contribution in [0.3, 0.4) is 0 Å². The van der Waals surface area contributed by atoms with E-state index in [-0.39, 0.29) is 5.91 Å². The van der Waals surface area contributed by atoms with Gasteiger partial charge in [0.25, 0.3) is 5.91 Å². The average molecular weight is 369 g/mol. The number of nitrogens with one attached hydrogen (secondary N) is 2. The van der Waals surface area contributed by atoms with Crippen LogP contribution in [-0.4, -0.2) is 55.1 Å². The molecule has 144 valence electrons. The molecule has 2 heterocycles. The molecule has 1 aliphatic heterocycles. The lowest BCUT2D eigenvalue weighted by molar-refractivity contribution is -0.892. The van der Waals surface area contributed by atoms with Crippen LogP contribution in [0.15, 0.2) is 42.7 Å². The molecule has 1 fully saturated rings. The number of quaternary nitrogens is 1. The SMILES string of the molecule is CC(C)c1ccc(CCNC(=O)C[NH+]2CCN(c3ncccn3)CC2)cc1. The van der Waals surface area contributed by atoms with Crippen molar-refractivity contribution in [3.63, 3.8) is 0 Å². The molecule has 1 aromatic carbocycles. The van der Waals surface area contributed by atoms with E-state index in [9.17, 15) is 4.79 Å². The van der Waals surface area contributed by atoms with Crippen molar-refractivity contribution in [3.8, 4) is 0 Å². The predicted octanol–water partition coefficient (Wildman–Crippen LogP) is 0.664. The van der Waals surface area contributed by atoms with Gasteiger partial charge in [0.15, 0.2) is 6.54 Å². The number of carbonyl (C=O) groups is 1. The van der Waals surface area contributed by atoms with E-state index in [1.165, 1.54) is 16.0 Å². The van der Waals surface area contributed by atoms with Gasteiger partial charge in [0.05, 0.1) is 26.2 Å². The Morgan fingerprint density at radius 1 is 1.15 bits per heavy atom. The van der Waals surface area contributed by atoms with Crippen LogP contribution in [0.25, 0.3) is 0 Å². The topological polar surface area (TPSA) is 62.6 Å². The second-order valence-corrected chi connectivity index (χ2v) is 7.46. The molecule has 0 aliphatic carbocycles. The molecule has 1 saturated heterocycles. The molecule has 6 nitrogen and oxygen atoms in total. The first-order chi connectivity index (χ1) is 13.1. The van der Waals surface area contributed by atoms with Gasteiger partial charge in [0.1, 0.15) is 0 Å². The number of rotatable bonds is 7. The molecular weight excluding hydrogens is 338 g/mol. The Labute approximate surface area is 161 Å². The van der Waals surface area contributed by atoms with Crippen LogP contribution in [0.2, 0.25) is 0 Å². The molecule has 0 bridgehead atoms. The molecule has 0 radical (unpaired) electrons. The van der Waals surface area contributed by atoms with Crippen molar-refractivity contribution in [2.24, 2.45) is 0 Å². The first-order valence-corrected chi connectivity index (χ1v) is 9.83. The molecule has 0 unspecified atom stereocenters. The molecule has 1 amide bonds. The van der Waals surface area contributed by atoms with E-state index >= 15 is 0 Å². The summed E-state index contributed by atoms with van der Waals surface area (Å²) in [5.74, 6) is 1.47. The number of amides is 1. The van der Waals surface area contributed by atoms with Crippen LogP contribution < -0.4 is 15.1 Å². The summed E-state index contributed by atoms with van der Waals surface area (Å²) in [6, 6.07) is 10.5. The van der Waals surface area contributed by atoms with Gasteiger partial charge in [-0.2, -0.15) is 0 Å². The maximum Gasteiger partial charge on any atom is 0.275 e. The molecule has 1 aromatic heterocycles. The molecule has 2 aromatic rings. The van der Waals surface area contributed by atoms with Crippen LogP contribution in [0.4, 0.5) is 5.95 Å². The Balaban J connectivity index is 1.35. The molecule has 2 N–H and O–H groups in total. The zero-order chi connectivity index (χ0) is 19.1. The van der Waals surface area contributed by atoms with Crippen molar-refractivity contribution in [2.75, 3.05) is 44.2 Å². The van der Waals surface area contributed by atoms with Crippen molar-refractivity contribution in [1.82, 2.24) is 15.3 Å². The van der Waals surface area contributed by atoms with Crippen LogP contribution in [0.5, 0.6) is 0 Å². The summed E-state index contributed by atoms with van der Waals surface area (Å²) in [4.78, 5) is 24.3. The normalized spacial score (nSPS) is 15.1. The lowest BCUT2D eigenvalue weighted by Crippen LogP contribution is -3.16. The number of anilines is 1. The summed E-state index contributed by atoms with van der Waals surface area (Å²) < 4.78 is 0. The summed E-state index contributed by atoms with van der Waals surface area (Å²) in [5.41, 5.74) is 2.62. The number of carbonyl (C=O) groups excluding carboxylic acids is 1. The highest BCUT2D eigenvalue weighted by Crippen LogP contribution is 2.14. The number of benzene rings is 1. The van der Waals surface area contributed by atoms with Gasteiger partial charge in [-0.15, -0.1) is 0 Å². The first kappa shape index (κ1) is 19.3. The Kier molecular flexibility index (Phi) is 6.76. The third-order valence-corrected chi connectivity index (χ3v) is 5.10. The zero-order valence-corrected chi connectivity index (χ0v) is 16.3. The van der Waals surface area contributed by atoms with Crippen LogP contribution in [0.1, 0.15) is 30.9 Å². The second kappa shape index (κ2) is 9.46. The van der Waals surface area contributed by atoms with Gasteiger partial charge in [-0.3, -0.25) is 4.79 Å². The molecule has 0 atom stereocenters. The summed E-state index contributed by atoms with van der Waals surface area (Å²) in [5, 5.41) is 3.06. The van der Waals surface area contributed by atoms with E-state index in [2.05, 4.69) is 58.3 Å². The van der Waals surface area contributed by atoms with Crippen molar-refractivity contribution in [1.29, 1.82) is 0 Å². The molecular formula is C21H30N5O+. The van der Waals surface area contributed by atoms with Gasteiger partial charge in [-0.1, -0.05) is 38.1 Å². The predicted molar refractivity (Wildman–Crippen MR) is 107 cm³/mol. The van der Waals surface area contributed by atoms with Crippen molar-refractivity contribution < 1.29 is 9.69 Å². The quantitative estimate of drug-likeness (QED) is 0.754. The number of hydrogen-bond acceptors (Lipinski definition) is 4. The Morgan fingerprint density at radius 2 is 1.81 bits per heavy atom. The van der Waals surface area contributed by atoms with Gasteiger partial charge < -0.3 is 15.1 Å². The average Bonchev–Trinajstić information content (AvgIpc) is 2.69. The third-order valence-electron chi connectivity index (χ3n) is 5.10. The fraction of sp³-hybridized carbons (Fsp3) is 0.476. The zero-order valence-electron chi connectivity index (χ0n) is 16.3. The summed E-state index contributed by atoms with van der Waals surface area (Å²) >= 11 is 0. The first-order valence-electron chi connectivity index (χ1n) is 9.83. The molecule has 1 aliphatic rings. The van der Waals surface area contributed by atoms with Gasteiger partial charge in [0.2, 0.25) is 5.95 Å². The van der Waals surface area contributed by atoms with Gasteiger partial charge in [-0.05, 0) is 29.5 Å². The molecule has 27 heavy (non-hydrogen) atoms. The number of nitrogens with zero attached hydrogens (tertiary/aromatic N) is 3. The number of hydrogen-bond donors (Lipinski definition) is 2. The third kappa shape index (κ3) is 5.76. The smallest absolute Gasteiger partial charge is 0.275 e. The molecule has 6 heteroatoms. The summed E-state index contributed by atoms with van der Waals surface area (Å²) in [6.07, 6.45) is 4.41. The van der Waals surface area contributed by atoms with Gasteiger partial charge >= 0.3 is 0 Å². The summed E-state index contributed by atoms with van der Waals surface area (Å²) in [6.45, 7) is 9.26. The van der Waals surface area contributed by atoms with E-state index in [4.69, 9.17) is 0 Å². The van der Waals surface area contributed by atoms with Crippen molar-refractivity contribution in [2.45, 2.75) is 26.2 Å². The van der Waals surface area contributed by atoms with E-state index in [1.807, 2.05) is 6.07 Å². The van der Waals surface area contributed by atoms with E-state index in [0.717, 1.165) is 38.5 Å². The Morgan fingerprint density at radius 3 is 2.44 bits per heavy atom. The maximum atomic E-state index is 12.2. The lowest BCUT2D eigenvalue weighted by atomic mass is 10.0. The Hall–Kier alpha value is -2.47. The largest absolute Gasteiger partial charge is 0.351 e. The molecule has 3 rings (SSSR count).